The lowest BCUT2D eigenvalue weighted by molar-refractivity contribution is 0.219. The summed E-state index contributed by atoms with van der Waals surface area (Å²) in [5.74, 6) is 0.348. The van der Waals surface area contributed by atoms with Crippen LogP contribution in [0.4, 0.5) is 4.39 Å². The van der Waals surface area contributed by atoms with Gasteiger partial charge in [-0.3, -0.25) is 4.98 Å². The highest BCUT2D eigenvalue weighted by Gasteiger charge is 2.23. The number of halogens is 1. The molecule has 1 aromatic heterocycles. The van der Waals surface area contributed by atoms with Crippen LogP contribution in [0.1, 0.15) is 30.1 Å². The quantitative estimate of drug-likeness (QED) is 0.918. The number of hydrogen-bond acceptors (Lipinski definition) is 3. The van der Waals surface area contributed by atoms with Crippen LogP contribution in [0.15, 0.2) is 42.7 Å². The number of pyridine rings is 1. The van der Waals surface area contributed by atoms with E-state index in [1.54, 1.807) is 12.1 Å². The molecule has 1 aliphatic carbocycles. The summed E-state index contributed by atoms with van der Waals surface area (Å²) in [6.45, 7) is 0. The van der Waals surface area contributed by atoms with Crippen LogP contribution in [-0.2, 0) is 0 Å². The fourth-order valence-electron chi connectivity index (χ4n) is 1.88. The fraction of sp³-hybridized carbons (Fsp3) is 0.267. The van der Waals surface area contributed by atoms with E-state index in [0.29, 0.717) is 17.2 Å². The summed E-state index contributed by atoms with van der Waals surface area (Å²) in [5, 5.41) is 10.2. The summed E-state index contributed by atoms with van der Waals surface area (Å²) in [5.41, 5.74) is 1.13. The van der Waals surface area contributed by atoms with Crippen LogP contribution in [0.5, 0.6) is 5.75 Å². The van der Waals surface area contributed by atoms with Crippen LogP contribution in [0, 0.1) is 5.82 Å². The molecule has 1 aromatic carbocycles. The van der Waals surface area contributed by atoms with Gasteiger partial charge in [-0.1, -0.05) is 12.1 Å². The fourth-order valence-corrected chi connectivity index (χ4v) is 1.88. The molecule has 0 bridgehead atoms. The Bertz CT molecular complexity index is 567. The van der Waals surface area contributed by atoms with Gasteiger partial charge in [-0.25, -0.2) is 4.39 Å². The first kappa shape index (κ1) is 12.1. The Kier molecular flexibility index (Phi) is 3.17. The molecule has 0 spiro atoms. The van der Waals surface area contributed by atoms with Crippen molar-refractivity contribution >= 4 is 0 Å². The van der Waals surface area contributed by atoms with E-state index in [1.807, 2.05) is 12.1 Å². The summed E-state index contributed by atoms with van der Waals surface area (Å²) in [4.78, 5) is 3.74. The first-order valence-electron chi connectivity index (χ1n) is 6.27. The highest BCUT2D eigenvalue weighted by Crippen LogP contribution is 2.28. The summed E-state index contributed by atoms with van der Waals surface area (Å²) in [6.07, 6.45) is 4.27. The second-order valence-corrected chi connectivity index (χ2v) is 4.73. The van der Waals surface area contributed by atoms with Crippen molar-refractivity contribution in [2.24, 2.45) is 0 Å². The molecule has 1 N–H and O–H groups in total. The Balaban J connectivity index is 1.77. The van der Waals surface area contributed by atoms with E-state index in [4.69, 9.17) is 4.74 Å². The summed E-state index contributed by atoms with van der Waals surface area (Å²) in [7, 11) is 0. The molecule has 4 heteroatoms. The minimum atomic E-state index is -0.877. The van der Waals surface area contributed by atoms with Crippen LogP contribution in [-0.4, -0.2) is 16.2 Å². The Hall–Kier alpha value is -1.94. The van der Waals surface area contributed by atoms with Crippen LogP contribution < -0.4 is 4.74 Å². The topological polar surface area (TPSA) is 42.4 Å². The van der Waals surface area contributed by atoms with Gasteiger partial charge < -0.3 is 9.84 Å². The monoisotopic (exact) mass is 259 g/mol. The Morgan fingerprint density at radius 3 is 2.53 bits per heavy atom. The number of hydrogen-bond donors (Lipinski definition) is 1. The minimum Gasteiger partial charge on any atom is -0.490 e. The third kappa shape index (κ3) is 2.90. The zero-order chi connectivity index (χ0) is 13.2. The largest absolute Gasteiger partial charge is 0.490 e. The highest BCUT2D eigenvalue weighted by molar-refractivity contribution is 5.33. The predicted molar refractivity (Wildman–Crippen MR) is 68.3 cm³/mol. The molecule has 3 rings (SSSR count). The standard InChI is InChI=1S/C15H14FNO2/c16-12-7-11(8-17-9-12)15(18)10-1-3-13(4-2-10)19-14-5-6-14/h1-4,7-9,14-15,18H,5-6H2. The minimum absolute atomic E-state index is 0.350. The zero-order valence-corrected chi connectivity index (χ0v) is 10.3. The van der Waals surface area contributed by atoms with Gasteiger partial charge in [-0.05, 0) is 36.6 Å². The molecular weight excluding hydrogens is 245 g/mol. The Morgan fingerprint density at radius 1 is 1.16 bits per heavy atom. The number of benzene rings is 1. The molecule has 0 radical (unpaired) electrons. The van der Waals surface area contributed by atoms with Crippen molar-refractivity contribution in [3.05, 3.63) is 59.7 Å². The van der Waals surface area contributed by atoms with E-state index in [-0.39, 0.29) is 0 Å². The van der Waals surface area contributed by atoms with E-state index in [2.05, 4.69) is 4.98 Å². The van der Waals surface area contributed by atoms with Crippen molar-refractivity contribution in [3.8, 4) is 5.75 Å². The molecule has 0 aliphatic heterocycles. The summed E-state index contributed by atoms with van der Waals surface area (Å²) < 4.78 is 18.7. The maximum Gasteiger partial charge on any atom is 0.141 e. The van der Waals surface area contributed by atoms with E-state index in [1.165, 1.54) is 12.3 Å². The van der Waals surface area contributed by atoms with Crippen LogP contribution in [0.25, 0.3) is 0 Å². The predicted octanol–water partition coefficient (Wildman–Crippen LogP) is 2.84. The molecule has 0 saturated heterocycles. The van der Waals surface area contributed by atoms with Gasteiger partial charge >= 0.3 is 0 Å². The van der Waals surface area contributed by atoms with Crippen molar-refractivity contribution in [1.29, 1.82) is 0 Å². The molecular formula is C15H14FNO2. The highest BCUT2D eigenvalue weighted by atomic mass is 19.1. The number of aliphatic hydroxyl groups excluding tert-OH is 1. The first-order chi connectivity index (χ1) is 9.22. The van der Waals surface area contributed by atoms with E-state index >= 15 is 0 Å². The van der Waals surface area contributed by atoms with E-state index < -0.39 is 11.9 Å². The molecule has 1 unspecified atom stereocenters. The summed E-state index contributed by atoms with van der Waals surface area (Å²) in [6, 6.07) is 8.50. The average Bonchev–Trinajstić information content (AvgIpc) is 3.23. The number of aliphatic hydroxyl groups is 1. The van der Waals surface area contributed by atoms with Crippen LogP contribution in [0.2, 0.25) is 0 Å². The van der Waals surface area contributed by atoms with Crippen molar-refractivity contribution in [2.75, 3.05) is 0 Å². The molecule has 2 aromatic rings. The number of ether oxygens (including phenoxy) is 1. The molecule has 19 heavy (non-hydrogen) atoms. The molecule has 98 valence electrons. The van der Waals surface area contributed by atoms with Gasteiger partial charge in [0.25, 0.3) is 0 Å². The average molecular weight is 259 g/mol. The summed E-state index contributed by atoms with van der Waals surface area (Å²) >= 11 is 0. The van der Waals surface area contributed by atoms with E-state index in [0.717, 1.165) is 24.8 Å². The maximum atomic E-state index is 13.1. The first-order valence-corrected chi connectivity index (χ1v) is 6.27. The molecule has 1 heterocycles. The second kappa shape index (κ2) is 4.97. The van der Waals surface area contributed by atoms with Gasteiger partial charge in [-0.15, -0.1) is 0 Å². The normalized spacial score (nSPS) is 16.1. The molecule has 0 amide bonds. The molecule has 3 nitrogen and oxygen atoms in total. The van der Waals surface area contributed by atoms with Gasteiger partial charge in [0.05, 0.1) is 12.3 Å². The second-order valence-electron chi connectivity index (χ2n) is 4.73. The van der Waals surface area contributed by atoms with Gasteiger partial charge in [0.15, 0.2) is 0 Å². The van der Waals surface area contributed by atoms with Crippen molar-refractivity contribution < 1.29 is 14.2 Å². The van der Waals surface area contributed by atoms with Gasteiger partial charge in [-0.2, -0.15) is 0 Å². The van der Waals surface area contributed by atoms with Crippen molar-refractivity contribution in [3.63, 3.8) is 0 Å². The molecule has 1 aliphatic rings. The van der Waals surface area contributed by atoms with Crippen LogP contribution in [0.3, 0.4) is 0 Å². The SMILES string of the molecule is OC(c1ccc(OC2CC2)cc1)c1cncc(F)c1. The lowest BCUT2D eigenvalue weighted by Crippen LogP contribution is -2.01. The Morgan fingerprint density at radius 2 is 1.89 bits per heavy atom. The lowest BCUT2D eigenvalue weighted by Gasteiger charge is -2.12. The Labute approximate surface area is 110 Å². The zero-order valence-electron chi connectivity index (χ0n) is 10.3. The third-order valence-electron chi connectivity index (χ3n) is 3.06. The van der Waals surface area contributed by atoms with Crippen LogP contribution >= 0.6 is 0 Å². The third-order valence-corrected chi connectivity index (χ3v) is 3.06. The maximum absolute atomic E-state index is 13.1. The van der Waals surface area contributed by atoms with E-state index in [9.17, 15) is 9.50 Å². The lowest BCUT2D eigenvalue weighted by atomic mass is 10.0. The number of aromatic nitrogens is 1. The number of nitrogens with zero attached hydrogens (tertiary/aromatic N) is 1. The molecule has 1 saturated carbocycles. The van der Waals surface area contributed by atoms with Crippen molar-refractivity contribution in [1.82, 2.24) is 4.98 Å². The van der Waals surface area contributed by atoms with Crippen molar-refractivity contribution in [2.45, 2.75) is 25.0 Å². The molecule has 1 atom stereocenters. The van der Waals surface area contributed by atoms with Gasteiger partial charge in [0.1, 0.15) is 17.7 Å². The number of rotatable bonds is 4. The smallest absolute Gasteiger partial charge is 0.141 e. The molecule has 1 fully saturated rings. The van der Waals surface area contributed by atoms with Gasteiger partial charge in [0.2, 0.25) is 0 Å². The van der Waals surface area contributed by atoms with Gasteiger partial charge in [0, 0.05) is 11.8 Å².